The summed E-state index contributed by atoms with van der Waals surface area (Å²) in [5, 5.41) is 12.9. The van der Waals surface area contributed by atoms with Gasteiger partial charge in [0.05, 0.1) is 0 Å². The summed E-state index contributed by atoms with van der Waals surface area (Å²) >= 11 is 0. The molecule has 0 fully saturated rings. The maximum atomic E-state index is 2.42. The third-order valence-electron chi connectivity index (χ3n) is 9.23. The molecule has 0 N–H and O–H groups in total. The van der Waals surface area contributed by atoms with Gasteiger partial charge >= 0.3 is 0 Å². The van der Waals surface area contributed by atoms with Crippen LogP contribution in [-0.2, 0) is 0 Å². The quantitative estimate of drug-likeness (QED) is 0.150. The Morgan fingerprint density at radius 3 is 1.00 bits per heavy atom. The lowest BCUT2D eigenvalue weighted by molar-refractivity contribution is 1.64. The molecule has 0 bridgehead atoms. The van der Waals surface area contributed by atoms with E-state index >= 15 is 0 Å². The molecule has 0 amide bonds. The average molecular weight is 557 g/mol. The van der Waals surface area contributed by atoms with Gasteiger partial charge in [0.1, 0.15) is 0 Å². The molecule has 0 aliphatic rings. The van der Waals surface area contributed by atoms with Gasteiger partial charge in [-0.3, -0.25) is 0 Å². The lowest BCUT2D eigenvalue weighted by Crippen LogP contribution is -1.91. The number of benzene rings is 9. The average Bonchev–Trinajstić information content (AvgIpc) is 3.11. The van der Waals surface area contributed by atoms with Crippen molar-refractivity contribution in [2.45, 2.75) is 0 Å². The van der Waals surface area contributed by atoms with Crippen LogP contribution in [0.5, 0.6) is 0 Å². The molecule has 0 aliphatic heterocycles. The normalized spacial score (nSPS) is 11.6. The van der Waals surface area contributed by atoms with Crippen molar-refractivity contribution in [1.82, 2.24) is 0 Å². The Morgan fingerprint density at radius 1 is 0.182 bits per heavy atom. The van der Waals surface area contributed by atoms with Gasteiger partial charge in [0.25, 0.3) is 0 Å². The van der Waals surface area contributed by atoms with E-state index in [1.54, 1.807) is 0 Å². The van der Waals surface area contributed by atoms with Crippen LogP contribution in [0.2, 0.25) is 0 Å². The molecule has 0 heterocycles. The van der Waals surface area contributed by atoms with Gasteiger partial charge in [0.15, 0.2) is 0 Å². The summed E-state index contributed by atoms with van der Waals surface area (Å²) in [4.78, 5) is 0. The summed E-state index contributed by atoms with van der Waals surface area (Å²) in [6.45, 7) is 0. The molecule has 0 nitrogen and oxygen atoms in total. The lowest BCUT2D eigenvalue weighted by atomic mass is 9.84. The summed E-state index contributed by atoms with van der Waals surface area (Å²) in [5.41, 5.74) is 7.51. The minimum absolute atomic E-state index is 1.23. The second-order valence-corrected chi connectivity index (χ2v) is 11.6. The Labute approximate surface area is 256 Å². The zero-order valence-electron chi connectivity index (χ0n) is 24.2. The zero-order valence-corrected chi connectivity index (χ0v) is 24.2. The predicted molar refractivity (Wildman–Crippen MR) is 190 cm³/mol. The van der Waals surface area contributed by atoms with Crippen LogP contribution in [0, 0.1) is 0 Å². The summed E-state index contributed by atoms with van der Waals surface area (Å²) in [5.74, 6) is 0. The second-order valence-electron chi connectivity index (χ2n) is 11.6. The Hall–Kier alpha value is -5.72. The Morgan fingerprint density at radius 2 is 0.500 bits per heavy atom. The molecule has 0 atom stereocenters. The molecule has 9 rings (SSSR count). The molecule has 0 aliphatic carbocycles. The van der Waals surface area contributed by atoms with Gasteiger partial charge in [-0.2, -0.15) is 0 Å². The van der Waals surface area contributed by atoms with Crippen molar-refractivity contribution in [3.8, 4) is 33.4 Å². The first-order valence-electron chi connectivity index (χ1n) is 15.3. The molecule has 0 spiro atoms. The van der Waals surface area contributed by atoms with E-state index in [2.05, 4.69) is 170 Å². The lowest BCUT2D eigenvalue weighted by Gasteiger charge is -2.19. The smallest absolute Gasteiger partial charge is 0.00262 e. The van der Waals surface area contributed by atoms with E-state index < -0.39 is 0 Å². The molecule has 204 valence electrons. The third-order valence-corrected chi connectivity index (χ3v) is 9.23. The first kappa shape index (κ1) is 24.8. The molecule has 0 heteroatoms. The summed E-state index contributed by atoms with van der Waals surface area (Å²) < 4.78 is 0. The largest absolute Gasteiger partial charge is 0.0622 e. The monoisotopic (exact) mass is 556 g/mol. The number of hydrogen-bond donors (Lipinski definition) is 0. The molecule has 0 saturated heterocycles. The van der Waals surface area contributed by atoms with Crippen LogP contribution in [0.4, 0.5) is 0 Å². The zero-order chi connectivity index (χ0) is 29.0. The van der Waals surface area contributed by atoms with Crippen molar-refractivity contribution in [1.29, 1.82) is 0 Å². The van der Waals surface area contributed by atoms with Gasteiger partial charge in [-0.05, 0) is 99.4 Å². The Balaban J connectivity index is 1.37. The molecular formula is C44H28. The minimum atomic E-state index is 1.23. The second kappa shape index (κ2) is 9.93. The van der Waals surface area contributed by atoms with E-state index in [1.807, 2.05) is 0 Å². The SMILES string of the molecule is c1ccc(-c2c3ccccc3c(-c3ccccc3)c3cc(-c4ccc5c6ccccc6c6ccccc6c5c4)ccc23)cc1. The maximum Gasteiger partial charge on any atom is -0.00262 e. The molecule has 0 aromatic heterocycles. The Bertz CT molecular complexity index is 2490. The topological polar surface area (TPSA) is 0 Å². The van der Waals surface area contributed by atoms with Gasteiger partial charge < -0.3 is 0 Å². The fourth-order valence-electron chi connectivity index (χ4n) is 7.28. The van der Waals surface area contributed by atoms with Crippen LogP contribution in [0.15, 0.2) is 170 Å². The van der Waals surface area contributed by atoms with Crippen molar-refractivity contribution in [2.75, 3.05) is 0 Å². The van der Waals surface area contributed by atoms with Gasteiger partial charge in [0.2, 0.25) is 0 Å². The van der Waals surface area contributed by atoms with Crippen molar-refractivity contribution in [2.24, 2.45) is 0 Å². The predicted octanol–water partition coefficient (Wildman–Crippen LogP) is 12.5. The van der Waals surface area contributed by atoms with Crippen molar-refractivity contribution in [3.05, 3.63) is 170 Å². The van der Waals surface area contributed by atoms with Crippen LogP contribution in [0.25, 0.3) is 87.2 Å². The van der Waals surface area contributed by atoms with Gasteiger partial charge in [0, 0.05) is 0 Å². The molecular weight excluding hydrogens is 528 g/mol. The number of rotatable bonds is 3. The molecule has 0 radical (unpaired) electrons. The summed E-state index contributed by atoms with van der Waals surface area (Å²) in [7, 11) is 0. The highest BCUT2D eigenvalue weighted by atomic mass is 14.2. The van der Waals surface area contributed by atoms with Gasteiger partial charge in [-0.25, -0.2) is 0 Å². The highest BCUT2D eigenvalue weighted by molar-refractivity contribution is 6.26. The Kier molecular flexibility index (Phi) is 5.61. The number of hydrogen-bond acceptors (Lipinski definition) is 0. The molecule has 9 aromatic carbocycles. The minimum Gasteiger partial charge on any atom is -0.0622 e. The van der Waals surface area contributed by atoms with Crippen molar-refractivity contribution < 1.29 is 0 Å². The van der Waals surface area contributed by atoms with Crippen LogP contribution in [-0.4, -0.2) is 0 Å². The van der Waals surface area contributed by atoms with E-state index in [9.17, 15) is 0 Å². The van der Waals surface area contributed by atoms with Crippen LogP contribution in [0.1, 0.15) is 0 Å². The van der Waals surface area contributed by atoms with Crippen LogP contribution >= 0.6 is 0 Å². The maximum absolute atomic E-state index is 2.42. The van der Waals surface area contributed by atoms with Crippen molar-refractivity contribution in [3.63, 3.8) is 0 Å². The van der Waals surface area contributed by atoms with Crippen LogP contribution < -0.4 is 0 Å². The molecule has 0 unspecified atom stereocenters. The number of fused-ring (bicyclic) bond motifs is 8. The molecule has 0 saturated carbocycles. The first-order valence-corrected chi connectivity index (χ1v) is 15.3. The van der Waals surface area contributed by atoms with E-state index in [-0.39, 0.29) is 0 Å². The first-order chi connectivity index (χ1) is 21.8. The van der Waals surface area contributed by atoms with E-state index in [4.69, 9.17) is 0 Å². The fourth-order valence-corrected chi connectivity index (χ4v) is 7.28. The standard InChI is InChI=1S/C44H28/c1-3-13-29(14-4-1)43-38-21-11-12-22-39(38)44(30-15-5-2-6-16-30)42-28-32(24-26-40(42)43)31-23-25-37-35-19-8-7-17-33(35)34-18-9-10-20-36(34)41(37)27-31/h1-28H. The van der Waals surface area contributed by atoms with Crippen molar-refractivity contribution >= 4 is 53.9 Å². The highest BCUT2D eigenvalue weighted by Crippen LogP contribution is 2.45. The van der Waals surface area contributed by atoms with Gasteiger partial charge in [-0.1, -0.05) is 158 Å². The van der Waals surface area contributed by atoms with Gasteiger partial charge in [-0.15, -0.1) is 0 Å². The highest BCUT2D eigenvalue weighted by Gasteiger charge is 2.17. The summed E-state index contributed by atoms with van der Waals surface area (Å²) in [6.07, 6.45) is 0. The third kappa shape index (κ3) is 3.78. The van der Waals surface area contributed by atoms with E-state index in [0.717, 1.165) is 0 Å². The molecule has 9 aromatic rings. The van der Waals surface area contributed by atoms with E-state index in [1.165, 1.54) is 87.2 Å². The summed E-state index contributed by atoms with van der Waals surface area (Å²) in [6, 6.07) is 62.3. The fraction of sp³-hybridized carbons (Fsp3) is 0. The van der Waals surface area contributed by atoms with E-state index in [0.29, 0.717) is 0 Å². The molecule has 44 heavy (non-hydrogen) atoms. The van der Waals surface area contributed by atoms with Crippen LogP contribution in [0.3, 0.4) is 0 Å².